The first-order valence-corrected chi connectivity index (χ1v) is 12.0. The second-order valence-corrected chi connectivity index (χ2v) is 8.94. The van der Waals surface area contributed by atoms with Gasteiger partial charge in [-0.05, 0) is 36.4 Å². The highest BCUT2D eigenvalue weighted by atomic mass is 32.2. The number of hydrogen-bond donors (Lipinski definition) is 0. The van der Waals surface area contributed by atoms with Gasteiger partial charge in [0.2, 0.25) is 0 Å². The van der Waals surface area contributed by atoms with Crippen LogP contribution in [0.5, 0.6) is 5.75 Å². The maximum Gasteiger partial charge on any atom is 0.266 e. The lowest BCUT2D eigenvalue weighted by Crippen LogP contribution is -2.22. The van der Waals surface area contributed by atoms with E-state index in [9.17, 15) is 9.18 Å². The molecule has 5 nitrogen and oxygen atoms in total. The van der Waals surface area contributed by atoms with Crippen LogP contribution >= 0.6 is 23.1 Å². The Hall–Kier alpha value is -3.49. The molecule has 3 aromatic carbocycles. The average Bonchev–Trinajstić information content (AvgIpc) is 3.32. The first-order valence-electron chi connectivity index (χ1n) is 10.1. The van der Waals surface area contributed by atoms with Gasteiger partial charge in [0.25, 0.3) is 5.56 Å². The number of nitrogens with zero attached hydrogens (tertiary/aromatic N) is 3. The summed E-state index contributed by atoms with van der Waals surface area (Å²) in [7, 11) is 1.64. The minimum absolute atomic E-state index is 0.177. The Morgan fingerprint density at radius 1 is 1.00 bits per heavy atom. The van der Waals surface area contributed by atoms with Crippen LogP contribution in [0.1, 0.15) is 5.69 Å². The largest absolute Gasteiger partial charge is 0.496 e. The van der Waals surface area contributed by atoms with Crippen molar-refractivity contribution in [2.24, 2.45) is 0 Å². The molecule has 2 aromatic heterocycles. The van der Waals surface area contributed by atoms with E-state index < -0.39 is 5.82 Å². The van der Waals surface area contributed by atoms with Crippen LogP contribution in [0.2, 0.25) is 0 Å². The van der Waals surface area contributed by atoms with Gasteiger partial charge < -0.3 is 4.74 Å². The Bertz CT molecular complexity index is 1510. The van der Waals surface area contributed by atoms with Gasteiger partial charge in [-0.3, -0.25) is 9.36 Å². The summed E-state index contributed by atoms with van der Waals surface area (Å²) in [6, 6.07) is 21.0. The molecule has 0 radical (unpaired) electrons. The summed E-state index contributed by atoms with van der Waals surface area (Å²) in [5.41, 5.74) is 2.21. The maximum absolute atomic E-state index is 14.6. The predicted molar refractivity (Wildman–Crippen MR) is 131 cm³/mol. The molecule has 5 rings (SSSR count). The van der Waals surface area contributed by atoms with Crippen molar-refractivity contribution in [3.05, 3.63) is 100 Å². The third-order valence-electron chi connectivity index (χ3n) is 5.08. The van der Waals surface area contributed by atoms with Crippen LogP contribution < -0.4 is 10.3 Å². The van der Waals surface area contributed by atoms with Crippen LogP contribution in [0, 0.1) is 5.82 Å². The number of para-hydroxylation sites is 3. The zero-order valence-corrected chi connectivity index (χ0v) is 19.2. The standard InChI is InChI=1S/C25H18FN3O2S2/c1-31-22-13-7-3-9-18(22)23-27-16(14-32-23)15-33-25-28-20-11-5-2-8-17(20)24(30)29(25)21-12-6-4-10-19(21)26/h2-14H,15H2,1H3. The molecule has 0 spiro atoms. The third kappa shape index (κ3) is 4.15. The highest BCUT2D eigenvalue weighted by molar-refractivity contribution is 7.98. The van der Waals surface area contributed by atoms with E-state index in [-0.39, 0.29) is 11.2 Å². The van der Waals surface area contributed by atoms with Crippen LogP contribution in [0.3, 0.4) is 0 Å². The number of ether oxygens (including phenoxy) is 1. The molecule has 2 heterocycles. The fourth-order valence-electron chi connectivity index (χ4n) is 3.51. The number of methoxy groups -OCH3 is 1. The van der Waals surface area contributed by atoms with Crippen molar-refractivity contribution in [2.75, 3.05) is 7.11 Å². The summed E-state index contributed by atoms with van der Waals surface area (Å²) in [6.45, 7) is 0. The van der Waals surface area contributed by atoms with Gasteiger partial charge >= 0.3 is 0 Å². The third-order valence-corrected chi connectivity index (χ3v) is 6.97. The molecule has 33 heavy (non-hydrogen) atoms. The molecular formula is C25H18FN3O2S2. The number of halogens is 1. The van der Waals surface area contributed by atoms with Gasteiger partial charge in [-0.15, -0.1) is 11.3 Å². The molecule has 0 atom stereocenters. The fourth-order valence-corrected chi connectivity index (χ4v) is 5.36. The number of benzene rings is 3. The van der Waals surface area contributed by atoms with Crippen LogP contribution in [0.25, 0.3) is 27.2 Å². The summed E-state index contributed by atoms with van der Waals surface area (Å²) >= 11 is 2.87. The van der Waals surface area contributed by atoms with Crippen LogP contribution in [-0.4, -0.2) is 21.6 Å². The van der Waals surface area contributed by atoms with Crippen molar-refractivity contribution < 1.29 is 9.13 Å². The molecule has 0 fully saturated rings. The Morgan fingerprint density at radius 3 is 2.61 bits per heavy atom. The number of hydrogen-bond acceptors (Lipinski definition) is 6. The van der Waals surface area contributed by atoms with E-state index in [4.69, 9.17) is 9.72 Å². The zero-order chi connectivity index (χ0) is 22.8. The molecule has 5 aromatic rings. The van der Waals surface area contributed by atoms with Crippen LogP contribution in [0.15, 0.2) is 88.1 Å². The van der Waals surface area contributed by atoms with Gasteiger partial charge in [-0.25, -0.2) is 14.4 Å². The number of fused-ring (bicyclic) bond motifs is 1. The Morgan fingerprint density at radius 2 is 1.76 bits per heavy atom. The first-order chi connectivity index (χ1) is 16.2. The molecular weight excluding hydrogens is 457 g/mol. The minimum Gasteiger partial charge on any atom is -0.496 e. The van der Waals surface area contributed by atoms with E-state index in [1.165, 1.54) is 33.7 Å². The van der Waals surface area contributed by atoms with E-state index in [1.54, 1.807) is 43.5 Å². The van der Waals surface area contributed by atoms with E-state index in [0.29, 0.717) is 21.8 Å². The Kier molecular flexibility index (Phi) is 5.93. The van der Waals surface area contributed by atoms with Gasteiger partial charge in [0.15, 0.2) is 5.16 Å². The van der Waals surface area contributed by atoms with Crippen molar-refractivity contribution in [3.63, 3.8) is 0 Å². The summed E-state index contributed by atoms with van der Waals surface area (Å²) < 4.78 is 21.4. The first kappa shape index (κ1) is 21.4. The number of thiazole rings is 1. The van der Waals surface area contributed by atoms with Crippen molar-refractivity contribution >= 4 is 34.0 Å². The minimum atomic E-state index is -0.481. The molecule has 0 bridgehead atoms. The highest BCUT2D eigenvalue weighted by Crippen LogP contribution is 2.33. The predicted octanol–water partition coefficient (Wildman–Crippen LogP) is 5.95. The van der Waals surface area contributed by atoms with Crippen molar-refractivity contribution in [3.8, 4) is 22.0 Å². The molecule has 0 aliphatic carbocycles. The Balaban J connectivity index is 1.52. The van der Waals surface area contributed by atoms with Gasteiger partial charge in [-0.2, -0.15) is 0 Å². The SMILES string of the molecule is COc1ccccc1-c1nc(CSc2nc3ccccc3c(=O)n2-c2ccccc2F)cs1. The van der Waals surface area contributed by atoms with Crippen molar-refractivity contribution in [2.45, 2.75) is 10.9 Å². The van der Waals surface area contributed by atoms with Gasteiger partial charge in [0.05, 0.1) is 35.0 Å². The molecule has 0 aliphatic heterocycles. The van der Waals surface area contributed by atoms with E-state index in [0.717, 1.165) is 22.0 Å². The van der Waals surface area contributed by atoms with E-state index >= 15 is 0 Å². The quantitative estimate of drug-likeness (QED) is 0.224. The van der Waals surface area contributed by atoms with E-state index in [1.807, 2.05) is 35.7 Å². The second kappa shape index (κ2) is 9.17. The maximum atomic E-state index is 14.6. The molecule has 8 heteroatoms. The molecule has 0 aliphatic rings. The van der Waals surface area contributed by atoms with Crippen molar-refractivity contribution in [1.29, 1.82) is 0 Å². The topological polar surface area (TPSA) is 57.0 Å². The van der Waals surface area contributed by atoms with Crippen molar-refractivity contribution in [1.82, 2.24) is 14.5 Å². The lowest BCUT2D eigenvalue weighted by molar-refractivity contribution is 0.416. The smallest absolute Gasteiger partial charge is 0.266 e. The highest BCUT2D eigenvalue weighted by Gasteiger charge is 2.17. The monoisotopic (exact) mass is 475 g/mol. The zero-order valence-electron chi connectivity index (χ0n) is 17.6. The summed E-state index contributed by atoms with van der Waals surface area (Å²) in [5, 5.41) is 3.68. The number of aromatic nitrogens is 3. The number of thioether (sulfide) groups is 1. The lowest BCUT2D eigenvalue weighted by atomic mass is 10.2. The van der Waals surface area contributed by atoms with Gasteiger partial charge in [-0.1, -0.05) is 48.2 Å². The van der Waals surface area contributed by atoms with Gasteiger partial charge in [0.1, 0.15) is 16.6 Å². The summed E-state index contributed by atoms with van der Waals surface area (Å²) in [4.78, 5) is 22.7. The number of rotatable bonds is 6. The summed E-state index contributed by atoms with van der Waals surface area (Å²) in [5.74, 6) is 0.756. The molecule has 0 saturated carbocycles. The average molecular weight is 476 g/mol. The summed E-state index contributed by atoms with van der Waals surface area (Å²) in [6.07, 6.45) is 0. The molecule has 164 valence electrons. The van der Waals surface area contributed by atoms with Gasteiger partial charge in [0, 0.05) is 11.1 Å². The fraction of sp³-hybridized carbons (Fsp3) is 0.0800. The lowest BCUT2D eigenvalue weighted by Gasteiger charge is -2.13. The molecule has 0 amide bonds. The molecule has 0 saturated heterocycles. The molecule has 0 N–H and O–H groups in total. The van der Waals surface area contributed by atoms with Crippen LogP contribution in [0.4, 0.5) is 4.39 Å². The Labute approximate surface area is 197 Å². The van der Waals surface area contributed by atoms with E-state index in [2.05, 4.69) is 4.98 Å². The molecule has 0 unspecified atom stereocenters. The normalized spacial score (nSPS) is 11.1. The second-order valence-electron chi connectivity index (χ2n) is 7.14. The van der Waals surface area contributed by atoms with Crippen LogP contribution in [-0.2, 0) is 5.75 Å².